The Labute approximate surface area is 84.2 Å². The number of nitrogens with zero attached hydrogens (tertiary/aromatic N) is 2. The fourth-order valence-electron chi connectivity index (χ4n) is 1.06. The minimum atomic E-state index is -3.50. The number of rotatable bonds is 2. The molecule has 1 N–H and O–H groups in total. The molecule has 1 rings (SSSR count). The second-order valence-corrected chi connectivity index (χ2v) is 5.75. The van der Waals surface area contributed by atoms with Crippen LogP contribution in [-0.4, -0.2) is 23.5 Å². The van der Waals surface area contributed by atoms with Crippen molar-refractivity contribution in [1.82, 2.24) is 14.3 Å². The van der Waals surface area contributed by atoms with Crippen molar-refractivity contribution in [2.75, 3.05) is 0 Å². The van der Waals surface area contributed by atoms with E-state index in [1.807, 2.05) is 0 Å². The van der Waals surface area contributed by atoms with Gasteiger partial charge < -0.3 is 4.57 Å². The average Bonchev–Trinajstić information content (AvgIpc) is 2.29. The SMILES string of the molecule is Cn1ccnc1S(=O)(=O)NC(C)(C)C. The minimum Gasteiger partial charge on any atom is -0.324 e. The number of aromatic nitrogens is 2. The van der Waals surface area contributed by atoms with Crippen molar-refractivity contribution in [3.8, 4) is 0 Å². The van der Waals surface area contributed by atoms with E-state index < -0.39 is 15.6 Å². The Kier molecular flexibility index (Phi) is 2.69. The molecule has 80 valence electrons. The largest absolute Gasteiger partial charge is 0.324 e. The Morgan fingerprint density at radius 3 is 2.36 bits per heavy atom. The zero-order chi connectivity index (χ0) is 11.0. The molecule has 0 aliphatic heterocycles. The topological polar surface area (TPSA) is 64.0 Å². The Balaban J connectivity index is 3.05. The first kappa shape index (κ1) is 11.2. The third-order valence-corrected chi connectivity index (χ3v) is 3.21. The maximum absolute atomic E-state index is 11.7. The van der Waals surface area contributed by atoms with E-state index in [1.165, 1.54) is 10.8 Å². The van der Waals surface area contributed by atoms with Crippen LogP contribution in [0, 0.1) is 0 Å². The molecule has 0 saturated heterocycles. The molecular weight excluding hydrogens is 202 g/mol. The summed E-state index contributed by atoms with van der Waals surface area (Å²) in [6, 6.07) is 0. The van der Waals surface area contributed by atoms with Crippen LogP contribution in [0.25, 0.3) is 0 Å². The minimum absolute atomic E-state index is 0.0347. The zero-order valence-corrected chi connectivity index (χ0v) is 9.59. The molecule has 0 aliphatic carbocycles. The number of nitrogens with one attached hydrogen (secondary N) is 1. The summed E-state index contributed by atoms with van der Waals surface area (Å²) in [4.78, 5) is 3.78. The molecule has 5 nitrogen and oxygen atoms in total. The van der Waals surface area contributed by atoms with E-state index in [0.717, 1.165) is 0 Å². The van der Waals surface area contributed by atoms with Crippen LogP contribution in [0.5, 0.6) is 0 Å². The Morgan fingerprint density at radius 1 is 1.43 bits per heavy atom. The van der Waals surface area contributed by atoms with Gasteiger partial charge in [-0.1, -0.05) is 0 Å². The molecule has 14 heavy (non-hydrogen) atoms. The molecule has 0 atom stereocenters. The standard InChI is InChI=1S/C8H15N3O2S/c1-8(2,3)10-14(12,13)7-9-5-6-11(7)4/h5-6,10H,1-4H3. The predicted molar refractivity (Wildman–Crippen MR) is 53.3 cm³/mol. The van der Waals surface area contributed by atoms with Gasteiger partial charge in [-0.25, -0.2) is 18.1 Å². The van der Waals surface area contributed by atoms with Crippen LogP contribution in [0.4, 0.5) is 0 Å². The van der Waals surface area contributed by atoms with Gasteiger partial charge in [0.1, 0.15) is 0 Å². The summed E-state index contributed by atoms with van der Waals surface area (Å²) in [6.07, 6.45) is 3.05. The van der Waals surface area contributed by atoms with Gasteiger partial charge >= 0.3 is 0 Å². The van der Waals surface area contributed by atoms with E-state index in [0.29, 0.717) is 0 Å². The Morgan fingerprint density at radius 2 is 2.00 bits per heavy atom. The number of sulfonamides is 1. The van der Waals surface area contributed by atoms with Crippen LogP contribution >= 0.6 is 0 Å². The maximum Gasteiger partial charge on any atom is 0.274 e. The molecule has 0 saturated carbocycles. The summed E-state index contributed by atoms with van der Waals surface area (Å²) >= 11 is 0. The van der Waals surface area contributed by atoms with Crippen LogP contribution in [0.15, 0.2) is 17.6 Å². The molecule has 6 heteroatoms. The summed E-state index contributed by atoms with van der Waals surface area (Å²) < 4.78 is 27.5. The number of imidazole rings is 1. The molecule has 1 aromatic heterocycles. The first-order valence-electron chi connectivity index (χ1n) is 4.24. The van der Waals surface area contributed by atoms with Crippen molar-refractivity contribution >= 4 is 10.0 Å². The zero-order valence-electron chi connectivity index (χ0n) is 8.77. The quantitative estimate of drug-likeness (QED) is 0.784. The molecule has 0 amide bonds. The van der Waals surface area contributed by atoms with Gasteiger partial charge in [0.15, 0.2) is 0 Å². The summed E-state index contributed by atoms with van der Waals surface area (Å²) in [6.45, 7) is 5.36. The van der Waals surface area contributed by atoms with Crippen molar-refractivity contribution in [2.24, 2.45) is 7.05 Å². The normalized spacial score (nSPS) is 13.1. The van der Waals surface area contributed by atoms with Crippen molar-refractivity contribution in [1.29, 1.82) is 0 Å². The van der Waals surface area contributed by atoms with Crippen molar-refractivity contribution < 1.29 is 8.42 Å². The third kappa shape index (κ3) is 2.55. The highest BCUT2D eigenvalue weighted by Crippen LogP contribution is 2.09. The maximum atomic E-state index is 11.7. The van der Waals surface area contributed by atoms with Gasteiger partial charge in [0, 0.05) is 25.0 Å². The van der Waals surface area contributed by atoms with Gasteiger partial charge in [-0.2, -0.15) is 0 Å². The summed E-state index contributed by atoms with van der Waals surface area (Å²) in [5.41, 5.74) is -0.495. The molecule has 0 spiro atoms. The van der Waals surface area contributed by atoms with E-state index in [1.54, 1.807) is 34.0 Å². The van der Waals surface area contributed by atoms with Crippen molar-refractivity contribution in [2.45, 2.75) is 31.5 Å². The molecule has 1 aromatic rings. The lowest BCUT2D eigenvalue weighted by Crippen LogP contribution is -2.41. The lowest BCUT2D eigenvalue weighted by molar-refractivity contribution is 0.484. The van der Waals surface area contributed by atoms with E-state index in [2.05, 4.69) is 9.71 Å². The fraction of sp³-hybridized carbons (Fsp3) is 0.625. The molecule has 1 heterocycles. The van der Waals surface area contributed by atoms with E-state index >= 15 is 0 Å². The number of hydrogen-bond donors (Lipinski definition) is 1. The Hall–Kier alpha value is -0.880. The van der Waals surface area contributed by atoms with Crippen LogP contribution < -0.4 is 4.72 Å². The second kappa shape index (κ2) is 3.36. The smallest absolute Gasteiger partial charge is 0.274 e. The first-order valence-corrected chi connectivity index (χ1v) is 5.72. The fourth-order valence-corrected chi connectivity index (χ4v) is 2.60. The molecule has 0 radical (unpaired) electrons. The van der Waals surface area contributed by atoms with Gasteiger partial charge in [0.2, 0.25) is 5.16 Å². The average molecular weight is 217 g/mol. The summed E-state index contributed by atoms with van der Waals surface area (Å²) in [5, 5.41) is 0.0347. The number of aryl methyl sites for hydroxylation is 1. The predicted octanol–water partition coefficient (Wildman–Crippen LogP) is 0.497. The van der Waals surface area contributed by atoms with Crippen molar-refractivity contribution in [3.05, 3.63) is 12.4 Å². The Bertz CT molecular complexity index is 414. The van der Waals surface area contributed by atoms with E-state index in [-0.39, 0.29) is 5.16 Å². The lowest BCUT2D eigenvalue weighted by atomic mass is 10.1. The molecule has 0 aliphatic rings. The highest BCUT2D eigenvalue weighted by molar-refractivity contribution is 7.89. The van der Waals surface area contributed by atoms with Crippen LogP contribution in [0.3, 0.4) is 0 Å². The van der Waals surface area contributed by atoms with Gasteiger partial charge in [-0.15, -0.1) is 0 Å². The van der Waals surface area contributed by atoms with E-state index in [9.17, 15) is 8.42 Å². The molecule has 0 aromatic carbocycles. The molecule has 0 bridgehead atoms. The molecule has 0 unspecified atom stereocenters. The highest BCUT2D eigenvalue weighted by Gasteiger charge is 2.24. The van der Waals surface area contributed by atoms with Gasteiger partial charge in [-0.3, -0.25) is 0 Å². The molecular formula is C8H15N3O2S. The van der Waals surface area contributed by atoms with Gasteiger partial charge in [-0.05, 0) is 20.8 Å². The summed E-state index contributed by atoms with van der Waals surface area (Å²) in [5.74, 6) is 0. The summed E-state index contributed by atoms with van der Waals surface area (Å²) in [7, 11) is -1.86. The monoisotopic (exact) mass is 217 g/mol. The van der Waals surface area contributed by atoms with Gasteiger partial charge in [0.05, 0.1) is 0 Å². The van der Waals surface area contributed by atoms with Gasteiger partial charge in [0.25, 0.3) is 10.0 Å². The lowest BCUT2D eigenvalue weighted by Gasteiger charge is -2.19. The highest BCUT2D eigenvalue weighted by atomic mass is 32.2. The van der Waals surface area contributed by atoms with Crippen LogP contribution in [0.2, 0.25) is 0 Å². The van der Waals surface area contributed by atoms with Crippen LogP contribution in [-0.2, 0) is 17.1 Å². The molecule has 0 fully saturated rings. The number of hydrogen-bond acceptors (Lipinski definition) is 3. The van der Waals surface area contributed by atoms with E-state index in [4.69, 9.17) is 0 Å². The first-order chi connectivity index (χ1) is 6.22. The van der Waals surface area contributed by atoms with Crippen LogP contribution in [0.1, 0.15) is 20.8 Å². The third-order valence-electron chi connectivity index (χ3n) is 1.46. The second-order valence-electron chi connectivity index (χ2n) is 4.18. The van der Waals surface area contributed by atoms with Crippen molar-refractivity contribution in [3.63, 3.8) is 0 Å².